The van der Waals surface area contributed by atoms with Gasteiger partial charge in [0.1, 0.15) is 5.60 Å². The molecule has 0 bridgehead atoms. The molecule has 1 saturated heterocycles. The van der Waals surface area contributed by atoms with Crippen LogP contribution in [-0.2, 0) is 19.3 Å². The van der Waals surface area contributed by atoms with Crippen LogP contribution in [-0.4, -0.2) is 17.4 Å². The topological polar surface area (TPSA) is 51.4 Å². The van der Waals surface area contributed by atoms with Crippen LogP contribution in [0.1, 0.15) is 60.3 Å². The Labute approximate surface area is 104 Å². The number of ether oxygens (including phenoxy) is 1. The molecular weight excluding hydrogens is 220 g/mol. The Morgan fingerprint density at radius 3 is 2.24 bits per heavy atom. The molecule has 0 amide bonds. The molecule has 0 aliphatic carbocycles. The van der Waals surface area contributed by atoms with Crippen LogP contribution in [0, 0.1) is 5.92 Å². The summed E-state index contributed by atoms with van der Waals surface area (Å²) >= 11 is 0. The largest absolute Gasteiger partial charge is 0.456 e. The maximum absolute atomic E-state index is 11.8. The van der Waals surface area contributed by atoms with Crippen LogP contribution in [0.5, 0.6) is 0 Å². The summed E-state index contributed by atoms with van der Waals surface area (Å²) < 4.78 is 5.25. The van der Waals surface area contributed by atoms with Crippen molar-refractivity contribution in [3.63, 3.8) is 0 Å². The van der Waals surface area contributed by atoms with E-state index < -0.39 is 17.4 Å². The highest BCUT2D eigenvalue weighted by Gasteiger charge is 2.58. The van der Waals surface area contributed by atoms with Crippen molar-refractivity contribution < 1.29 is 19.3 Å². The van der Waals surface area contributed by atoms with E-state index in [0.29, 0.717) is 12.3 Å². The molecule has 100 valence electrons. The second kappa shape index (κ2) is 5.36. The van der Waals surface area contributed by atoms with E-state index in [2.05, 4.69) is 13.8 Å². The molecule has 4 nitrogen and oxygen atoms in total. The van der Waals surface area contributed by atoms with Gasteiger partial charge in [-0.1, -0.05) is 26.7 Å². The van der Waals surface area contributed by atoms with Gasteiger partial charge in [-0.05, 0) is 33.1 Å². The lowest BCUT2D eigenvalue weighted by atomic mass is 10.0. The molecule has 0 aromatic rings. The third-order valence-corrected chi connectivity index (χ3v) is 2.53. The van der Waals surface area contributed by atoms with Crippen molar-refractivity contribution in [2.75, 3.05) is 0 Å². The lowest BCUT2D eigenvalue weighted by Crippen LogP contribution is -2.34. The highest BCUT2D eigenvalue weighted by atomic mass is 17.4. The zero-order chi connectivity index (χ0) is 13.1. The summed E-state index contributed by atoms with van der Waals surface area (Å²) in [6, 6.07) is 0. The average Bonchev–Trinajstić information content (AvgIpc) is 2.90. The first-order valence-electron chi connectivity index (χ1n) is 6.35. The van der Waals surface area contributed by atoms with E-state index in [1.165, 1.54) is 0 Å². The Balaban J connectivity index is 2.29. The molecule has 0 atom stereocenters. The molecule has 0 N–H and O–H groups in total. The summed E-state index contributed by atoms with van der Waals surface area (Å²) in [6.45, 7) is 9.88. The Morgan fingerprint density at radius 2 is 1.82 bits per heavy atom. The Bertz CT molecular complexity index is 261. The first kappa shape index (κ1) is 14.5. The maximum Gasteiger partial charge on any atom is 0.373 e. The summed E-state index contributed by atoms with van der Waals surface area (Å²) in [5.74, 6) is -0.826. The van der Waals surface area contributed by atoms with E-state index in [-0.39, 0.29) is 0 Å². The van der Waals surface area contributed by atoms with Gasteiger partial charge in [0.15, 0.2) is 0 Å². The molecule has 0 aromatic carbocycles. The first-order chi connectivity index (χ1) is 7.75. The van der Waals surface area contributed by atoms with Crippen LogP contribution < -0.4 is 0 Å². The molecule has 0 radical (unpaired) electrons. The van der Waals surface area contributed by atoms with Crippen molar-refractivity contribution in [2.45, 2.75) is 71.7 Å². The standard InChI is InChI=1S/C13H24O4/c1-10(2)8-6-7-9-13(16-17-13)11(14)15-12(3,4)5/h10H,6-9H2,1-5H3. The molecule has 1 aliphatic heterocycles. The molecule has 0 aromatic heterocycles. The fourth-order valence-electron chi connectivity index (χ4n) is 1.57. The van der Waals surface area contributed by atoms with Crippen molar-refractivity contribution >= 4 is 5.97 Å². The second-order valence-electron chi connectivity index (χ2n) is 6.06. The van der Waals surface area contributed by atoms with E-state index >= 15 is 0 Å². The molecule has 4 heteroatoms. The molecule has 0 unspecified atom stereocenters. The lowest BCUT2D eigenvalue weighted by Gasteiger charge is -2.20. The maximum atomic E-state index is 11.8. The number of carbonyl (C=O) groups excluding carboxylic acids is 1. The average molecular weight is 244 g/mol. The highest BCUT2D eigenvalue weighted by Crippen LogP contribution is 2.37. The number of carbonyl (C=O) groups is 1. The van der Waals surface area contributed by atoms with Crippen LogP contribution in [0.3, 0.4) is 0 Å². The molecule has 17 heavy (non-hydrogen) atoms. The van der Waals surface area contributed by atoms with Gasteiger partial charge >= 0.3 is 11.8 Å². The summed E-state index contributed by atoms with van der Waals surface area (Å²) in [6.07, 6.45) is 3.73. The molecule has 1 aliphatic rings. The van der Waals surface area contributed by atoms with Crippen molar-refractivity contribution in [2.24, 2.45) is 5.92 Å². The van der Waals surface area contributed by atoms with Crippen LogP contribution >= 0.6 is 0 Å². The minimum absolute atomic E-state index is 0.408. The normalized spacial score (nSPS) is 18.2. The SMILES string of the molecule is CC(C)CCCCC1(C(=O)OC(C)(C)C)OO1. The van der Waals surface area contributed by atoms with Crippen molar-refractivity contribution in [1.29, 1.82) is 0 Å². The Kier molecular flexibility index (Phi) is 4.55. The van der Waals surface area contributed by atoms with E-state index in [9.17, 15) is 4.79 Å². The number of unbranched alkanes of at least 4 members (excludes halogenated alkanes) is 1. The van der Waals surface area contributed by atoms with E-state index in [0.717, 1.165) is 19.3 Å². The monoisotopic (exact) mass is 244 g/mol. The fourth-order valence-corrected chi connectivity index (χ4v) is 1.57. The molecule has 1 heterocycles. The molecule has 0 saturated carbocycles. The van der Waals surface area contributed by atoms with E-state index in [1.807, 2.05) is 20.8 Å². The third-order valence-electron chi connectivity index (χ3n) is 2.53. The van der Waals surface area contributed by atoms with Crippen molar-refractivity contribution in [3.8, 4) is 0 Å². The molecular formula is C13H24O4. The minimum Gasteiger partial charge on any atom is -0.456 e. The van der Waals surface area contributed by atoms with Crippen LogP contribution in [0.2, 0.25) is 0 Å². The smallest absolute Gasteiger partial charge is 0.373 e. The van der Waals surface area contributed by atoms with E-state index in [4.69, 9.17) is 14.5 Å². The number of hydrogen-bond donors (Lipinski definition) is 0. The molecule has 0 spiro atoms. The quantitative estimate of drug-likeness (QED) is 0.311. The predicted octanol–water partition coefficient (Wildman–Crippen LogP) is 3.20. The van der Waals surface area contributed by atoms with Gasteiger partial charge in [-0.2, -0.15) is 9.78 Å². The van der Waals surface area contributed by atoms with Crippen LogP contribution in [0.4, 0.5) is 0 Å². The van der Waals surface area contributed by atoms with Gasteiger partial charge in [0.25, 0.3) is 0 Å². The number of esters is 1. The van der Waals surface area contributed by atoms with Gasteiger partial charge in [0.2, 0.25) is 0 Å². The lowest BCUT2D eigenvalue weighted by molar-refractivity contribution is -0.163. The second-order valence-corrected chi connectivity index (χ2v) is 6.06. The predicted molar refractivity (Wildman–Crippen MR) is 64.1 cm³/mol. The van der Waals surface area contributed by atoms with Gasteiger partial charge in [-0.25, -0.2) is 4.79 Å². The van der Waals surface area contributed by atoms with Gasteiger partial charge < -0.3 is 4.74 Å². The zero-order valence-corrected chi connectivity index (χ0v) is 11.5. The van der Waals surface area contributed by atoms with Crippen molar-refractivity contribution in [1.82, 2.24) is 0 Å². The molecule has 1 rings (SSSR count). The Hall–Kier alpha value is -0.610. The van der Waals surface area contributed by atoms with Gasteiger partial charge in [0, 0.05) is 6.42 Å². The fraction of sp³-hybridized carbons (Fsp3) is 0.923. The zero-order valence-electron chi connectivity index (χ0n) is 11.5. The van der Waals surface area contributed by atoms with Crippen molar-refractivity contribution in [3.05, 3.63) is 0 Å². The third kappa shape index (κ3) is 5.04. The summed E-state index contributed by atoms with van der Waals surface area (Å²) in [5.41, 5.74) is -0.503. The van der Waals surface area contributed by atoms with Gasteiger partial charge in [0.05, 0.1) is 0 Å². The number of rotatable bonds is 6. The first-order valence-corrected chi connectivity index (χ1v) is 6.35. The highest BCUT2D eigenvalue weighted by molar-refractivity contribution is 5.79. The molecule has 1 fully saturated rings. The van der Waals surface area contributed by atoms with Gasteiger partial charge in [-0.15, -0.1) is 0 Å². The van der Waals surface area contributed by atoms with Gasteiger partial charge in [-0.3, -0.25) is 0 Å². The summed E-state index contributed by atoms with van der Waals surface area (Å²) in [5, 5.41) is 0. The van der Waals surface area contributed by atoms with Crippen LogP contribution in [0.15, 0.2) is 0 Å². The summed E-state index contributed by atoms with van der Waals surface area (Å²) in [7, 11) is 0. The van der Waals surface area contributed by atoms with Crippen LogP contribution in [0.25, 0.3) is 0 Å². The Morgan fingerprint density at radius 1 is 1.24 bits per heavy atom. The number of hydrogen-bond acceptors (Lipinski definition) is 4. The van der Waals surface area contributed by atoms with E-state index in [1.54, 1.807) is 0 Å². The summed E-state index contributed by atoms with van der Waals surface area (Å²) in [4.78, 5) is 21.5. The minimum atomic E-state index is -1.11.